The Labute approximate surface area is 575 Å². The number of fused-ring (bicyclic) bond motifs is 8. The zero-order valence-electron chi connectivity index (χ0n) is 59.2. The first kappa shape index (κ1) is 72.6. The van der Waals surface area contributed by atoms with E-state index in [9.17, 15) is 50.7 Å². The number of hydrogen-bond donors (Lipinski definition) is 4. The molecule has 4 fully saturated rings. The van der Waals surface area contributed by atoms with Crippen molar-refractivity contribution >= 4 is 54.7 Å². The molecule has 100 heavy (non-hydrogen) atoms. The molecule has 0 bridgehead atoms. The molecule has 4 saturated heterocycles. The maximum atomic E-state index is 18.1. The van der Waals surface area contributed by atoms with E-state index in [0.717, 1.165) is 24.3 Å². The van der Waals surface area contributed by atoms with E-state index < -0.39 is 230 Å². The number of hydrogen-bond acceptors (Lipinski definition) is 23. The normalized spacial score (nSPS) is 34.9. The van der Waals surface area contributed by atoms with Crippen molar-refractivity contribution in [3.8, 4) is 23.0 Å². The van der Waals surface area contributed by atoms with Crippen LogP contribution in [0.3, 0.4) is 0 Å². The number of carbonyl (C=O) groups excluding carboxylic acids is 2. The predicted octanol–water partition coefficient (Wildman–Crippen LogP) is 5.74. The molecule has 27 nitrogen and oxygen atoms in total. The molecule has 0 saturated carbocycles. The first-order valence-electron chi connectivity index (χ1n) is 34.4. The monoisotopic (exact) mass is 1390 g/mol. The Morgan fingerprint density at radius 2 is 0.940 bits per heavy atom. The number of phenolic OH excluding ortho intramolecular Hbond substituents is 4. The lowest BCUT2D eigenvalue weighted by Gasteiger charge is -2.58. The van der Waals surface area contributed by atoms with Crippen LogP contribution >= 0.6 is 0 Å². The molecule has 0 aromatic heterocycles. The van der Waals surface area contributed by atoms with Crippen LogP contribution in [0, 0.1) is 29.1 Å². The van der Waals surface area contributed by atoms with E-state index in [4.69, 9.17) is 52.1 Å². The van der Waals surface area contributed by atoms with Gasteiger partial charge in [0.1, 0.15) is 57.7 Å². The van der Waals surface area contributed by atoms with Crippen LogP contribution in [-0.2, 0) is 52.1 Å². The van der Waals surface area contributed by atoms with Gasteiger partial charge in [0.25, 0.3) is 0 Å². The zero-order valence-corrected chi connectivity index (χ0v) is 59.2. The van der Waals surface area contributed by atoms with E-state index in [1.165, 1.54) is 14.2 Å². The molecule has 4 heterocycles. The molecule has 22 atom stereocenters. The Kier molecular flexibility index (Phi) is 19.8. The first-order chi connectivity index (χ1) is 47.5. The van der Waals surface area contributed by atoms with E-state index in [-0.39, 0.29) is 80.0 Å². The molecule has 0 spiro atoms. The molecular formula is C73H90N6O21. The number of rotatable bonds is 17. The number of ketones is 2. The van der Waals surface area contributed by atoms with Gasteiger partial charge in [-0.1, -0.05) is 27.7 Å². The molecule has 0 radical (unpaired) electrons. The second kappa shape index (κ2) is 27.2. The molecule has 2 aliphatic carbocycles. The number of ether oxygens (including phenoxy) is 11. The molecule has 12 rings (SSSR count). The molecule has 6 aromatic carbocycles. The fourth-order valence-corrected chi connectivity index (χ4v) is 19.1. The smallest absolute Gasteiger partial charge is 0.333 e. The summed E-state index contributed by atoms with van der Waals surface area (Å²) in [4.78, 5) is 104. The Balaban J connectivity index is 1.27. The highest BCUT2D eigenvalue weighted by molar-refractivity contribution is 6.25. The second-order valence-corrected chi connectivity index (χ2v) is 28.9. The third-order valence-corrected chi connectivity index (χ3v) is 23.5. The van der Waals surface area contributed by atoms with Gasteiger partial charge >= 0.3 is 10.7 Å². The number of likely N-dealkylation sites (N-methyl/N-ethyl adjacent to an activating group) is 2. The van der Waals surface area contributed by atoms with Crippen molar-refractivity contribution in [2.75, 3.05) is 56.6 Å². The van der Waals surface area contributed by atoms with E-state index in [1.807, 2.05) is 72.6 Å². The first-order valence-corrected chi connectivity index (χ1v) is 34.4. The highest BCUT2D eigenvalue weighted by atomic mass is 16.7. The van der Waals surface area contributed by atoms with Gasteiger partial charge in [0, 0.05) is 99.3 Å². The van der Waals surface area contributed by atoms with E-state index in [2.05, 4.69) is 9.58 Å². The maximum Gasteiger partial charge on any atom is 0.333 e. The average molecular weight is 1390 g/mol. The van der Waals surface area contributed by atoms with Crippen LogP contribution in [0.25, 0.3) is 54.2 Å². The van der Waals surface area contributed by atoms with Gasteiger partial charge in [-0.2, -0.15) is 9.58 Å². The Morgan fingerprint density at radius 3 is 1.39 bits per heavy atom. The minimum atomic E-state index is -2.41. The quantitative estimate of drug-likeness (QED) is 0.0480. The van der Waals surface area contributed by atoms with E-state index >= 15 is 9.59 Å². The van der Waals surface area contributed by atoms with Gasteiger partial charge in [0.05, 0.1) is 93.5 Å². The van der Waals surface area contributed by atoms with Crippen LogP contribution in [0.4, 0.5) is 0 Å². The van der Waals surface area contributed by atoms with Crippen molar-refractivity contribution in [2.45, 2.75) is 204 Å². The third kappa shape index (κ3) is 10.9. The van der Waals surface area contributed by atoms with Crippen LogP contribution in [0.5, 0.6) is 23.0 Å². The lowest BCUT2D eigenvalue weighted by atomic mass is 9.49. The lowest BCUT2D eigenvalue weighted by Crippen LogP contribution is -2.65. The standard InChI is InChI=1S/C73H90N6O21/c1-17-72(27-34-24-39(90-13)29(4)30(5)94-34)57(67(88)51-49-53(65(86)47-37(82)21-19-35(80)45(47)63(49)84)59(76-74)55(51)70(72)98-43-25-40(91-14)62(79(11)12)32(7)96-43)58-68(89)52-50-54(66(87)48-38(83)22-20-36(81)46(48)64(50)85)60(77-75)56(52)71(99-42-23-28(3)61(78(9)10)31(6)95-42)73(58,18-2)100-44-26-41(92-15)69(93-16)33(8)97-44/h19-22,28-34,39-44,57-58,61-62,69-71,84-87H,17-18,23-27H2,1-16H3/t28-,29+,30?,31?,32+,33?,34-,39-,40?,41?,42-,43-,44+,57+,58+,61-,62+,69+,70-,71-,72+,73?/m1/s1. The van der Waals surface area contributed by atoms with Crippen LogP contribution in [-0.4, -0.2) is 199 Å². The van der Waals surface area contributed by atoms with Gasteiger partial charge in [0.15, 0.2) is 52.2 Å². The molecule has 538 valence electrons. The molecule has 4 N–H and O–H groups in total. The number of methoxy groups -OCH3 is 4. The molecule has 6 unspecified atom stereocenters. The summed E-state index contributed by atoms with van der Waals surface area (Å²) in [5.74, 6) is -10.3. The number of phenols is 4. The van der Waals surface area contributed by atoms with Gasteiger partial charge in [0.2, 0.25) is 0 Å². The van der Waals surface area contributed by atoms with E-state index in [1.54, 1.807) is 35.0 Å². The third-order valence-electron chi connectivity index (χ3n) is 23.5. The van der Waals surface area contributed by atoms with Gasteiger partial charge < -0.3 is 93.4 Å². The topological polar surface area (TPSA) is 364 Å². The fourth-order valence-electron chi connectivity index (χ4n) is 19.1. The summed E-state index contributed by atoms with van der Waals surface area (Å²) in [6, 6.07) is 3.07. The summed E-state index contributed by atoms with van der Waals surface area (Å²) in [6.07, 6.45) is -14.1. The highest BCUT2D eigenvalue weighted by Gasteiger charge is 2.70. The number of nitrogens with zero attached hydrogens (tertiary/aromatic N) is 6. The fraction of sp³-hybridized carbons (Fsp3) is 0.616. The van der Waals surface area contributed by atoms with Crippen molar-refractivity contribution < 1.29 is 91.7 Å². The van der Waals surface area contributed by atoms with Crippen LogP contribution in [0.2, 0.25) is 0 Å². The molecule has 27 heteroatoms. The summed E-state index contributed by atoms with van der Waals surface area (Å²) in [6.45, 7) is 14.7. The molecular weight excluding hydrogens is 1300 g/mol. The minimum Gasteiger partial charge on any atom is -0.506 e. The summed E-state index contributed by atoms with van der Waals surface area (Å²) >= 11 is 0. The van der Waals surface area contributed by atoms with Gasteiger partial charge in [-0.05, 0) is 105 Å². The summed E-state index contributed by atoms with van der Waals surface area (Å²) in [7, 11) is 13.6. The van der Waals surface area contributed by atoms with Crippen LogP contribution < -0.4 is 32.4 Å². The minimum absolute atomic E-state index is 0.00674. The second-order valence-electron chi connectivity index (χ2n) is 28.9. The van der Waals surface area contributed by atoms with E-state index in [0.29, 0.717) is 0 Å². The van der Waals surface area contributed by atoms with Crippen molar-refractivity contribution in [1.82, 2.24) is 9.80 Å². The van der Waals surface area contributed by atoms with Crippen molar-refractivity contribution in [3.05, 3.63) is 109 Å². The molecule has 6 aromatic rings. The van der Waals surface area contributed by atoms with Gasteiger partial charge in [-0.3, -0.25) is 28.8 Å². The number of carbonyl (C=O) groups is 2. The number of aromatic hydroxyl groups is 4. The average Bonchev–Trinajstić information content (AvgIpc) is 1.43. The largest absolute Gasteiger partial charge is 0.506 e. The van der Waals surface area contributed by atoms with Crippen LogP contribution in [0.1, 0.15) is 144 Å². The molecule has 4 aliphatic heterocycles. The number of benzene rings is 4. The van der Waals surface area contributed by atoms with Crippen molar-refractivity contribution in [1.29, 1.82) is 0 Å². The molecule has 6 aliphatic rings. The predicted molar refractivity (Wildman–Crippen MR) is 360 cm³/mol. The van der Waals surface area contributed by atoms with Crippen LogP contribution in [0.15, 0.2) is 43.4 Å². The zero-order chi connectivity index (χ0) is 72.5. The summed E-state index contributed by atoms with van der Waals surface area (Å²) in [5.41, 5.74) is 13.9. The number of Topliss-reactive ketones (excluding diaryl/α,β-unsaturated/α-hetero) is 2. The lowest BCUT2D eigenvalue weighted by molar-refractivity contribution is -0.337. The summed E-state index contributed by atoms with van der Waals surface area (Å²) in [5, 5.41) is 45.5. The highest BCUT2D eigenvalue weighted by Crippen LogP contribution is 2.66. The SMILES string of the molecule is CCC1(O[C@H]2CC(OC)[C@@H](OC)C(C)O2)[C@H](O[C@@H]2C[C@@H](C)[C@@H](N(C)C)C(C)O2)c2c(c3c(O)c4c(=O)ccc(=O)c4c(O)c3c2=[N+]=[N-])C(=O)[C@@H]1[C@H]1C(=O)c2c(c(=[N+]=[N-])c3c(O)c4c(=O)ccc(=O)c4c(O)c23)[C@@H](O[C@@H]2CC(OC)[C@@H](N(C)C)[C@H](C)O2)[C@@]1(CC)C[C@H]1C[C@@H](OC)[C@@H](C)C(C)O1. The Morgan fingerprint density at radius 1 is 0.500 bits per heavy atom. The molecule has 0 amide bonds. The van der Waals surface area contributed by atoms with Gasteiger partial charge in [-0.25, -0.2) is 0 Å². The Hall–Kier alpha value is -7.14. The summed E-state index contributed by atoms with van der Waals surface area (Å²) < 4.78 is 75.2. The van der Waals surface area contributed by atoms with Gasteiger partial charge in [-0.15, -0.1) is 0 Å². The van der Waals surface area contributed by atoms with Crippen molar-refractivity contribution in [3.63, 3.8) is 0 Å². The Bertz CT molecular complexity index is 4630. The van der Waals surface area contributed by atoms with Crippen molar-refractivity contribution in [2.24, 2.45) is 29.1 Å². The maximum absolute atomic E-state index is 18.1.